The smallest absolute Gasteiger partial charge is 0.455 e. The van der Waals surface area contributed by atoms with E-state index in [0.717, 1.165) is 0 Å². The van der Waals surface area contributed by atoms with E-state index in [0.29, 0.717) is 0 Å². The van der Waals surface area contributed by atoms with Gasteiger partial charge in [0.2, 0.25) is 3.79 Å². The van der Waals surface area contributed by atoms with Crippen LogP contribution in [0.4, 0.5) is 4.79 Å². The number of aliphatic hydroxyl groups excluding tert-OH is 2. The summed E-state index contributed by atoms with van der Waals surface area (Å²) in [6.07, 6.45) is -9.40. The van der Waals surface area contributed by atoms with Crippen molar-refractivity contribution in [3.63, 3.8) is 0 Å². The van der Waals surface area contributed by atoms with Crippen molar-refractivity contribution in [2.24, 2.45) is 16.7 Å². The first-order chi connectivity index (χ1) is 21.0. The molecule has 4 aliphatic rings. The van der Waals surface area contributed by atoms with Crippen molar-refractivity contribution < 1.29 is 97.8 Å². The van der Waals surface area contributed by atoms with Crippen LogP contribution in [0.15, 0.2) is 41.5 Å². The summed E-state index contributed by atoms with van der Waals surface area (Å²) in [5.74, 6) is -3.30. The second kappa shape index (κ2) is 12.9. The third kappa shape index (κ3) is 6.02. The zero-order valence-corrected chi connectivity index (χ0v) is 33.8. The van der Waals surface area contributed by atoms with E-state index < -0.39 is 85.8 Å². The maximum atomic E-state index is 14.7. The number of carbonyl (C=O) groups is 3. The van der Waals surface area contributed by atoms with Gasteiger partial charge in [0.05, 0.1) is 29.8 Å². The standard InChI is InChI=1S/C32H39Cl3O11.Ac/c1-15-17(36)13-31(42)24(45-25(39)16-10-8-7-9-11-16)22-29(6,23(38)21(37)20(15)27(31,2)3)18(12-19-30(22,41)14-43-19)44-26(40)46-28(4,5)32(33,34)35;/h7-11,17-19,21-22,24,36-37,41-42H,12-14H2,1-6H3;/t17?,18?,19?,21?,22?,24-,29?,30?,31?;/m0./s1. The van der Waals surface area contributed by atoms with Gasteiger partial charge in [-0.15, -0.1) is 0 Å². The van der Waals surface area contributed by atoms with Gasteiger partial charge in [0.1, 0.15) is 29.5 Å². The number of fused-ring (bicyclic) bond motifs is 5. The number of hydrogen-bond donors (Lipinski definition) is 4. The van der Waals surface area contributed by atoms with Gasteiger partial charge in [-0.05, 0) is 51.0 Å². The quantitative estimate of drug-likeness (QED) is 0.197. The second-order valence-corrected chi connectivity index (χ2v) is 16.4. The number of rotatable bonds is 4. The largest absolute Gasteiger partial charge is 0.509 e. The Morgan fingerprint density at radius 2 is 1.62 bits per heavy atom. The van der Waals surface area contributed by atoms with E-state index in [4.69, 9.17) is 53.8 Å². The first-order valence-corrected chi connectivity index (χ1v) is 16.1. The number of esters is 1. The van der Waals surface area contributed by atoms with E-state index in [1.165, 1.54) is 32.9 Å². The number of benzene rings is 1. The molecule has 1 aromatic rings. The van der Waals surface area contributed by atoms with E-state index in [1.54, 1.807) is 39.0 Å². The van der Waals surface area contributed by atoms with Crippen molar-refractivity contribution in [2.75, 3.05) is 6.61 Å². The predicted molar refractivity (Wildman–Crippen MR) is 165 cm³/mol. The Kier molecular flexibility index (Phi) is 10.8. The average molecular weight is 933 g/mol. The van der Waals surface area contributed by atoms with Gasteiger partial charge in [-0.3, -0.25) is 4.79 Å². The molecular weight excluding hydrogens is 894 g/mol. The van der Waals surface area contributed by atoms with Gasteiger partial charge in [-0.2, -0.15) is 0 Å². The van der Waals surface area contributed by atoms with Crippen LogP contribution in [0, 0.1) is 60.8 Å². The fourth-order valence-corrected chi connectivity index (χ4v) is 7.94. The number of halogens is 3. The first kappa shape index (κ1) is 39.3. The molecular formula is C32H39AcCl3O11. The van der Waals surface area contributed by atoms with Gasteiger partial charge >= 0.3 is 12.1 Å². The van der Waals surface area contributed by atoms with Crippen LogP contribution < -0.4 is 0 Å². The van der Waals surface area contributed by atoms with Crippen LogP contribution in [-0.4, -0.2) is 96.1 Å². The minimum absolute atomic E-state index is 0. The topological polar surface area (TPSA) is 169 Å². The Morgan fingerprint density at radius 3 is 2.15 bits per heavy atom. The normalized spacial score (nSPS) is 37.9. The Morgan fingerprint density at radius 1 is 1.02 bits per heavy atom. The fraction of sp³-hybridized carbons (Fsp3) is 0.656. The van der Waals surface area contributed by atoms with Crippen molar-refractivity contribution in [3.8, 4) is 0 Å². The predicted octanol–water partition coefficient (Wildman–Crippen LogP) is 3.82. The number of Topliss-reactive ketones (excluding diaryl/α,β-unsaturated/α-hetero) is 1. The Hall–Kier alpha value is -0.518. The SMILES string of the molecule is CC1=C2C(O)C(=O)C3(C)C(OC(=O)OC(C)(C)C(Cl)(Cl)Cl)CC4OCC4(O)C3[C@H](OC(=O)c3ccccc3)C(O)(CC1O)C2(C)C.[Ac]. The molecule has 47 heavy (non-hydrogen) atoms. The number of hydrogen-bond acceptors (Lipinski definition) is 11. The monoisotopic (exact) mass is 931 g/mol. The number of ketones is 1. The minimum atomic E-state index is -2.17. The molecule has 1 heterocycles. The van der Waals surface area contributed by atoms with Gasteiger partial charge < -0.3 is 39.4 Å². The number of alkyl halides is 3. The molecule has 1 radical (unpaired) electrons. The van der Waals surface area contributed by atoms with Crippen molar-refractivity contribution in [3.05, 3.63) is 47.0 Å². The molecule has 2 saturated carbocycles. The summed E-state index contributed by atoms with van der Waals surface area (Å²) in [6, 6.07) is 7.93. The molecule has 2 bridgehead atoms. The Balaban J connectivity index is 0.00000500. The van der Waals surface area contributed by atoms with Crippen LogP contribution in [0.5, 0.6) is 0 Å². The maximum absolute atomic E-state index is 14.7. The summed E-state index contributed by atoms with van der Waals surface area (Å²) in [7, 11) is 0. The van der Waals surface area contributed by atoms with Crippen LogP contribution in [-0.2, 0) is 23.7 Å². The Bertz CT molecular complexity index is 1460. The third-order valence-electron chi connectivity index (χ3n) is 10.9. The molecule has 15 heteroatoms. The molecule has 1 saturated heterocycles. The zero-order valence-electron chi connectivity index (χ0n) is 26.8. The molecule has 9 atom stereocenters. The molecule has 5 rings (SSSR count). The van der Waals surface area contributed by atoms with Gasteiger partial charge in [-0.25, -0.2) is 9.59 Å². The molecule has 11 nitrogen and oxygen atoms in total. The van der Waals surface area contributed by atoms with Gasteiger partial charge in [-0.1, -0.05) is 66.8 Å². The van der Waals surface area contributed by atoms with Crippen LogP contribution in [0.2, 0.25) is 0 Å². The summed E-state index contributed by atoms with van der Waals surface area (Å²) in [4.78, 5) is 41.7. The van der Waals surface area contributed by atoms with Crippen LogP contribution in [0.1, 0.15) is 64.7 Å². The van der Waals surface area contributed by atoms with E-state index in [-0.39, 0.29) is 80.2 Å². The van der Waals surface area contributed by atoms with Gasteiger partial charge in [0.15, 0.2) is 11.4 Å². The Labute approximate surface area is 323 Å². The summed E-state index contributed by atoms with van der Waals surface area (Å²) in [6.45, 7) is 8.42. The van der Waals surface area contributed by atoms with Crippen molar-refractivity contribution >= 4 is 52.7 Å². The molecule has 8 unspecified atom stereocenters. The van der Waals surface area contributed by atoms with E-state index in [9.17, 15) is 34.8 Å². The zero-order chi connectivity index (χ0) is 34.4. The number of aliphatic hydroxyl groups is 4. The van der Waals surface area contributed by atoms with E-state index in [2.05, 4.69) is 0 Å². The van der Waals surface area contributed by atoms with E-state index >= 15 is 0 Å². The van der Waals surface area contributed by atoms with Gasteiger partial charge in [0, 0.05) is 68.2 Å². The van der Waals surface area contributed by atoms with Crippen molar-refractivity contribution in [2.45, 2.75) is 105 Å². The van der Waals surface area contributed by atoms with E-state index in [1.807, 2.05) is 0 Å². The number of carbonyl (C=O) groups excluding carboxylic acids is 3. The molecule has 0 aromatic heterocycles. The molecule has 4 N–H and O–H groups in total. The fourth-order valence-electron chi connectivity index (χ4n) is 7.82. The average Bonchev–Trinajstić information content (AvgIpc) is 2.94. The molecule has 3 fully saturated rings. The van der Waals surface area contributed by atoms with Crippen LogP contribution in [0.25, 0.3) is 0 Å². The van der Waals surface area contributed by atoms with Crippen molar-refractivity contribution in [1.29, 1.82) is 0 Å². The molecule has 0 spiro atoms. The third-order valence-corrected chi connectivity index (χ3v) is 12.2. The van der Waals surface area contributed by atoms with Gasteiger partial charge in [0.25, 0.3) is 0 Å². The summed E-state index contributed by atoms with van der Waals surface area (Å²) < 4.78 is 20.9. The second-order valence-electron chi connectivity index (χ2n) is 14.1. The molecule has 0 amide bonds. The maximum Gasteiger partial charge on any atom is 0.509 e. The molecule has 257 valence electrons. The molecule has 1 aliphatic heterocycles. The summed E-state index contributed by atoms with van der Waals surface area (Å²) >= 11 is 18.0. The van der Waals surface area contributed by atoms with Crippen LogP contribution in [0.3, 0.4) is 0 Å². The van der Waals surface area contributed by atoms with Crippen LogP contribution >= 0.6 is 34.8 Å². The number of ether oxygens (including phenoxy) is 4. The first-order valence-electron chi connectivity index (χ1n) is 14.9. The molecule has 1 aromatic carbocycles. The minimum Gasteiger partial charge on any atom is -0.455 e. The summed E-state index contributed by atoms with van der Waals surface area (Å²) in [5, 5.41) is 48.0. The van der Waals surface area contributed by atoms with Crippen molar-refractivity contribution in [1.82, 2.24) is 0 Å². The summed E-state index contributed by atoms with van der Waals surface area (Å²) in [5.41, 5.74) is -8.88. The molecule has 3 aliphatic carbocycles.